The van der Waals surface area contributed by atoms with E-state index in [1.165, 1.54) is 0 Å². The number of rotatable bonds is 8. The first-order chi connectivity index (χ1) is 16.5. The Balaban J connectivity index is 1.34. The Morgan fingerprint density at radius 1 is 1.06 bits per heavy atom. The van der Waals surface area contributed by atoms with Gasteiger partial charge < -0.3 is 29.5 Å². The summed E-state index contributed by atoms with van der Waals surface area (Å²) in [4.78, 5) is 30.8. The summed E-state index contributed by atoms with van der Waals surface area (Å²) in [5, 5.41) is 11.6. The molecule has 1 aromatic carbocycles. The van der Waals surface area contributed by atoms with E-state index in [9.17, 15) is 9.59 Å². The smallest absolute Gasteiger partial charge is 0.318 e. The molecule has 1 aliphatic carbocycles. The molecule has 0 radical (unpaired) electrons. The number of benzene rings is 1. The Bertz CT molecular complexity index is 1000. The van der Waals surface area contributed by atoms with Crippen LogP contribution in [0.4, 0.5) is 10.6 Å². The quantitative estimate of drug-likeness (QED) is 0.633. The summed E-state index contributed by atoms with van der Waals surface area (Å²) in [6.45, 7) is 5.07. The maximum absolute atomic E-state index is 12.8. The minimum absolute atomic E-state index is 0.00849. The van der Waals surface area contributed by atoms with Crippen LogP contribution in [-0.2, 0) is 4.79 Å². The predicted octanol–water partition coefficient (Wildman–Crippen LogP) is 2.00. The molecule has 1 saturated heterocycles. The largest absolute Gasteiger partial charge is 0.497 e. The first-order valence-electron chi connectivity index (χ1n) is 11.7. The van der Waals surface area contributed by atoms with Crippen molar-refractivity contribution < 1.29 is 19.1 Å². The topological polar surface area (TPSA) is 100 Å². The third-order valence-electron chi connectivity index (χ3n) is 6.17. The van der Waals surface area contributed by atoms with Gasteiger partial charge in [-0.25, -0.2) is 4.79 Å². The number of nitrogens with zero attached hydrogens (tertiary/aromatic N) is 5. The average molecular weight is 469 g/mol. The van der Waals surface area contributed by atoms with Gasteiger partial charge in [-0.3, -0.25) is 4.79 Å². The molecule has 10 heteroatoms. The third-order valence-corrected chi connectivity index (χ3v) is 6.17. The monoisotopic (exact) mass is 468 g/mol. The number of hydrogen-bond acceptors (Lipinski definition) is 7. The molecule has 1 aliphatic heterocycles. The lowest BCUT2D eigenvalue weighted by molar-refractivity contribution is -0.132. The fourth-order valence-electron chi connectivity index (χ4n) is 4.08. The molecule has 182 valence electrons. The van der Waals surface area contributed by atoms with Gasteiger partial charge in [0.05, 0.1) is 19.9 Å². The number of amides is 3. The van der Waals surface area contributed by atoms with E-state index in [0.29, 0.717) is 49.9 Å². The van der Waals surface area contributed by atoms with Gasteiger partial charge in [0.25, 0.3) is 0 Å². The summed E-state index contributed by atoms with van der Waals surface area (Å²) in [7, 11) is 3.23. The van der Waals surface area contributed by atoms with Crippen molar-refractivity contribution in [1.82, 2.24) is 25.3 Å². The molecule has 0 bridgehead atoms. The highest BCUT2D eigenvalue weighted by Crippen LogP contribution is 2.32. The highest BCUT2D eigenvalue weighted by molar-refractivity contribution is 5.84. The van der Waals surface area contributed by atoms with E-state index in [4.69, 9.17) is 9.47 Å². The average Bonchev–Trinajstić information content (AvgIpc) is 3.72. The molecule has 3 amide bonds. The van der Waals surface area contributed by atoms with Crippen LogP contribution < -0.4 is 19.7 Å². The Kier molecular flexibility index (Phi) is 7.34. The standard InChI is InChI=1S/C24H32N6O4/c1-4-25-24(32)30(17-5-6-17)16-23(31)29-13-11-28(12-14-29)22-10-9-20(26-27-22)19-8-7-18(33-2)15-21(19)34-3/h7-10,15,17H,4-6,11-14,16H2,1-3H3,(H,25,32). The molecule has 34 heavy (non-hydrogen) atoms. The van der Waals surface area contributed by atoms with Crippen molar-refractivity contribution in [3.63, 3.8) is 0 Å². The zero-order valence-electron chi connectivity index (χ0n) is 20.0. The van der Waals surface area contributed by atoms with Gasteiger partial charge in [0.1, 0.15) is 18.0 Å². The number of carbonyl (C=O) groups excluding carboxylic acids is 2. The number of anilines is 1. The highest BCUT2D eigenvalue weighted by Gasteiger charge is 2.35. The summed E-state index contributed by atoms with van der Waals surface area (Å²) in [6, 6.07) is 9.47. The van der Waals surface area contributed by atoms with E-state index in [1.54, 1.807) is 19.1 Å². The Morgan fingerprint density at radius 3 is 2.41 bits per heavy atom. The minimum atomic E-state index is -0.152. The van der Waals surface area contributed by atoms with Crippen LogP contribution in [0.15, 0.2) is 30.3 Å². The van der Waals surface area contributed by atoms with Gasteiger partial charge in [-0.15, -0.1) is 10.2 Å². The summed E-state index contributed by atoms with van der Waals surface area (Å²) in [5.74, 6) is 2.14. The number of hydrogen-bond donors (Lipinski definition) is 1. The van der Waals surface area contributed by atoms with Gasteiger partial charge in [-0.1, -0.05) is 0 Å². The Morgan fingerprint density at radius 2 is 1.82 bits per heavy atom. The van der Waals surface area contributed by atoms with E-state index in [-0.39, 0.29) is 24.5 Å². The van der Waals surface area contributed by atoms with Crippen molar-refractivity contribution in [2.75, 3.05) is 58.4 Å². The van der Waals surface area contributed by atoms with Gasteiger partial charge in [0, 0.05) is 50.4 Å². The molecule has 1 aromatic heterocycles. The minimum Gasteiger partial charge on any atom is -0.497 e. The summed E-state index contributed by atoms with van der Waals surface area (Å²) in [5.41, 5.74) is 1.55. The number of piperazine rings is 1. The summed E-state index contributed by atoms with van der Waals surface area (Å²) in [6.07, 6.45) is 1.94. The lowest BCUT2D eigenvalue weighted by atomic mass is 10.1. The molecule has 2 aromatic rings. The maximum atomic E-state index is 12.8. The van der Waals surface area contributed by atoms with E-state index >= 15 is 0 Å². The zero-order chi connectivity index (χ0) is 24.1. The van der Waals surface area contributed by atoms with Gasteiger partial charge in [-0.05, 0) is 44.0 Å². The number of urea groups is 1. The van der Waals surface area contributed by atoms with E-state index in [1.807, 2.05) is 42.2 Å². The predicted molar refractivity (Wildman–Crippen MR) is 128 cm³/mol. The van der Waals surface area contributed by atoms with Gasteiger partial charge in [-0.2, -0.15) is 0 Å². The number of nitrogens with one attached hydrogen (secondary N) is 1. The zero-order valence-corrected chi connectivity index (χ0v) is 20.0. The van der Waals surface area contributed by atoms with Crippen molar-refractivity contribution in [3.05, 3.63) is 30.3 Å². The molecule has 1 N–H and O–H groups in total. The molecule has 4 rings (SSSR count). The molecular weight excluding hydrogens is 436 g/mol. The van der Waals surface area contributed by atoms with E-state index in [0.717, 1.165) is 24.2 Å². The van der Waals surface area contributed by atoms with Crippen molar-refractivity contribution in [1.29, 1.82) is 0 Å². The summed E-state index contributed by atoms with van der Waals surface area (Å²) < 4.78 is 10.7. The fourth-order valence-corrected chi connectivity index (χ4v) is 4.08. The molecule has 0 spiro atoms. The van der Waals surface area contributed by atoms with Crippen molar-refractivity contribution in [2.45, 2.75) is 25.8 Å². The molecule has 0 unspecified atom stereocenters. The van der Waals surface area contributed by atoms with Gasteiger partial charge in [0.15, 0.2) is 5.82 Å². The second kappa shape index (κ2) is 10.6. The van der Waals surface area contributed by atoms with Crippen LogP contribution in [0, 0.1) is 0 Å². The van der Waals surface area contributed by atoms with Crippen LogP contribution in [-0.4, -0.2) is 91.5 Å². The molecule has 1 saturated carbocycles. The molecule has 10 nitrogen and oxygen atoms in total. The molecule has 0 atom stereocenters. The normalized spacial score (nSPS) is 15.6. The fraction of sp³-hybridized carbons (Fsp3) is 0.500. The van der Waals surface area contributed by atoms with Gasteiger partial charge >= 0.3 is 6.03 Å². The van der Waals surface area contributed by atoms with Crippen LogP contribution in [0.5, 0.6) is 11.5 Å². The number of methoxy groups -OCH3 is 2. The second-order valence-corrected chi connectivity index (χ2v) is 8.41. The molecule has 2 aliphatic rings. The highest BCUT2D eigenvalue weighted by atomic mass is 16.5. The summed E-state index contributed by atoms with van der Waals surface area (Å²) >= 11 is 0. The molecule has 2 heterocycles. The van der Waals surface area contributed by atoms with Crippen LogP contribution in [0.25, 0.3) is 11.3 Å². The SMILES string of the molecule is CCNC(=O)N(CC(=O)N1CCN(c2ccc(-c3ccc(OC)cc3OC)nn2)CC1)C1CC1. The second-order valence-electron chi connectivity index (χ2n) is 8.41. The number of carbonyl (C=O) groups is 2. The van der Waals surface area contributed by atoms with E-state index < -0.39 is 0 Å². The van der Waals surface area contributed by atoms with Crippen molar-refractivity contribution in [3.8, 4) is 22.8 Å². The number of ether oxygens (including phenoxy) is 2. The van der Waals surface area contributed by atoms with Gasteiger partial charge in [0.2, 0.25) is 5.91 Å². The van der Waals surface area contributed by atoms with Crippen molar-refractivity contribution in [2.24, 2.45) is 0 Å². The molecular formula is C24H32N6O4. The van der Waals surface area contributed by atoms with Crippen LogP contribution in [0.3, 0.4) is 0 Å². The van der Waals surface area contributed by atoms with Crippen molar-refractivity contribution >= 4 is 17.8 Å². The first-order valence-corrected chi connectivity index (χ1v) is 11.7. The Labute approximate surface area is 199 Å². The Hall–Kier alpha value is -3.56. The van der Waals surface area contributed by atoms with Crippen LogP contribution in [0.1, 0.15) is 19.8 Å². The number of aromatic nitrogens is 2. The lowest BCUT2D eigenvalue weighted by Crippen LogP contribution is -2.53. The maximum Gasteiger partial charge on any atom is 0.318 e. The van der Waals surface area contributed by atoms with E-state index in [2.05, 4.69) is 20.4 Å². The third kappa shape index (κ3) is 5.32. The van der Waals surface area contributed by atoms with Crippen LogP contribution in [0.2, 0.25) is 0 Å². The first kappa shape index (κ1) is 23.6. The van der Waals surface area contributed by atoms with Crippen LogP contribution >= 0.6 is 0 Å². The lowest BCUT2D eigenvalue weighted by Gasteiger charge is -2.36. The molecule has 2 fully saturated rings.